The minimum absolute atomic E-state index is 0.143. The molecule has 98 valence electrons. The Morgan fingerprint density at radius 3 is 2.94 bits per heavy atom. The highest BCUT2D eigenvalue weighted by molar-refractivity contribution is 9.10. The molecule has 0 aliphatic carbocycles. The third-order valence-corrected chi connectivity index (χ3v) is 3.68. The van der Waals surface area contributed by atoms with E-state index in [9.17, 15) is 9.18 Å². The van der Waals surface area contributed by atoms with Gasteiger partial charge in [0.2, 0.25) is 0 Å². The van der Waals surface area contributed by atoms with Crippen LogP contribution in [0.2, 0.25) is 0 Å². The van der Waals surface area contributed by atoms with Crippen molar-refractivity contribution >= 4 is 21.8 Å². The summed E-state index contributed by atoms with van der Waals surface area (Å²) in [5.74, 6) is -0.203. The Hall–Kier alpha value is -0.940. The minimum Gasteiger partial charge on any atom is -0.396 e. The monoisotopic (exact) mass is 315 g/mol. The molecule has 1 atom stereocenters. The van der Waals surface area contributed by atoms with Gasteiger partial charge in [-0.2, -0.15) is 0 Å². The number of nitrogens with zero attached hydrogens (tertiary/aromatic N) is 1. The summed E-state index contributed by atoms with van der Waals surface area (Å²) in [6.45, 7) is 1.48. The fourth-order valence-electron chi connectivity index (χ4n) is 2.30. The Morgan fingerprint density at radius 2 is 2.28 bits per heavy atom. The lowest BCUT2D eigenvalue weighted by Crippen LogP contribution is -2.28. The van der Waals surface area contributed by atoms with Crippen LogP contribution in [0.1, 0.15) is 23.2 Å². The van der Waals surface area contributed by atoms with E-state index in [1.807, 2.05) is 0 Å². The van der Waals surface area contributed by atoms with Gasteiger partial charge < -0.3 is 10.0 Å². The van der Waals surface area contributed by atoms with Crippen molar-refractivity contribution in [1.82, 2.24) is 4.90 Å². The second kappa shape index (κ2) is 5.80. The quantitative estimate of drug-likeness (QED) is 0.930. The Bertz CT molecular complexity index is 432. The van der Waals surface area contributed by atoms with E-state index in [1.54, 1.807) is 11.0 Å². The number of amides is 1. The number of benzene rings is 1. The molecule has 1 saturated heterocycles. The van der Waals surface area contributed by atoms with Crippen molar-refractivity contribution in [2.24, 2.45) is 5.92 Å². The lowest BCUT2D eigenvalue weighted by Gasteiger charge is -2.16. The van der Waals surface area contributed by atoms with Crippen LogP contribution >= 0.6 is 15.9 Å². The number of carbonyl (C=O) groups excluding carboxylic acids is 1. The van der Waals surface area contributed by atoms with Crippen LogP contribution in [0, 0.1) is 11.7 Å². The predicted molar refractivity (Wildman–Crippen MR) is 69.8 cm³/mol. The number of rotatable bonds is 3. The molecule has 1 unspecified atom stereocenters. The van der Waals surface area contributed by atoms with Crippen LogP contribution in [-0.4, -0.2) is 35.6 Å². The normalized spacial score (nSPS) is 19.3. The first-order valence-electron chi connectivity index (χ1n) is 5.96. The van der Waals surface area contributed by atoms with Gasteiger partial charge in [-0.3, -0.25) is 4.79 Å². The summed E-state index contributed by atoms with van der Waals surface area (Å²) in [5.41, 5.74) is 0.367. The molecule has 3 nitrogen and oxygen atoms in total. The van der Waals surface area contributed by atoms with E-state index in [2.05, 4.69) is 15.9 Å². The lowest BCUT2D eigenvalue weighted by atomic mass is 10.1. The van der Waals surface area contributed by atoms with Crippen LogP contribution in [0.25, 0.3) is 0 Å². The number of likely N-dealkylation sites (tertiary alicyclic amines) is 1. The van der Waals surface area contributed by atoms with Gasteiger partial charge in [-0.15, -0.1) is 0 Å². The summed E-state index contributed by atoms with van der Waals surface area (Å²) in [6, 6.07) is 4.21. The third-order valence-electron chi connectivity index (χ3n) is 3.22. The zero-order valence-corrected chi connectivity index (χ0v) is 11.5. The van der Waals surface area contributed by atoms with Crippen LogP contribution in [0.15, 0.2) is 22.7 Å². The maximum atomic E-state index is 13.2. The van der Waals surface area contributed by atoms with Crippen molar-refractivity contribution in [1.29, 1.82) is 0 Å². The number of hydrogen-bond donors (Lipinski definition) is 1. The Morgan fingerprint density at radius 1 is 1.50 bits per heavy atom. The second-order valence-corrected chi connectivity index (χ2v) is 5.49. The molecule has 1 aromatic rings. The van der Waals surface area contributed by atoms with Crippen molar-refractivity contribution in [2.45, 2.75) is 12.8 Å². The number of aliphatic hydroxyl groups is 1. The fourth-order valence-corrected chi connectivity index (χ4v) is 2.76. The summed E-state index contributed by atoms with van der Waals surface area (Å²) < 4.78 is 13.8. The van der Waals surface area contributed by atoms with Gasteiger partial charge in [-0.05, 0) is 37.0 Å². The lowest BCUT2D eigenvalue weighted by molar-refractivity contribution is 0.0784. The summed E-state index contributed by atoms with van der Waals surface area (Å²) in [6.07, 6.45) is 1.62. The fraction of sp³-hybridized carbons (Fsp3) is 0.462. The summed E-state index contributed by atoms with van der Waals surface area (Å²) in [5, 5.41) is 8.88. The molecular formula is C13H15BrFNO2. The van der Waals surface area contributed by atoms with Crippen LogP contribution < -0.4 is 0 Å². The zero-order chi connectivity index (χ0) is 13.1. The number of hydrogen-bond acceptors (Lipinski definition) is 2. The molecule has 18 heavy (non-hydrogen) atoms. The molecule has 1 heterocycles. The first kappa shape index (κ1) is 13.5. The molecule has 0 saturated carbocycles. The van der Waals surface area contributed by atoms with E-state index >= 15 is 0 Å². The van der Waals surface area contributed by atoms with Gasteiger partial charge >= 0.3 is 0 Å². The average Bonchev–Trinajstić information content (AvgIpc) is 2.76. The standard InChI is InChI=1S/C13H15BrFNO2/c14-11-5-10(6-12(15)7-11)13(18)16-3-1-9(8-16)2-4-17/h5-7,9,17H,1-4,8H2. The average molecular weight is 316 g/mol. The number of carbonyl (C=O) groups is 1. The first-order valence-corrected chi connectivity index (χ1v) is 6.75. The number of halogens is 2. The minimum atomic E-state index is -0.418. The molecule has 1 N–H and O–H groups in total. The van der Waals surface area contributed by atoms with Gasteiger partial charge in [0.05, 0.1) is 0 Å². The summed E-state index contributed by atoms with van der Waals surface area (Å²) in [7, 11) is 0. The highest BCUT2D eigenvalue weighted by Crippen LogP contribution is 2.23. The molecule has 0 aromatic heterocycles. The highest BCUT2D eigenvalue weighted by Gasteiger charge is 2.26. The maximum absolute atomic E-state index is 13.2. The van der Waals surface area contributed by atoms with Crippen LogP contribution in [-0.2, 0) is 0 Å². The summed E-state index contributed by atoms with van der Waals surface area (Å²) >= 11 is 3.18. The van der Waals surface area contributed by atoms with E-state index < -0.39 is 5.82 Å². The Balaban J connectivity index is 2.08. The molecule has 5 heteroatoms. The molecule has 0 radical (unpaired) electrons. The summed E-state index contributed by atoms with van der Waals surface area (Å²) in [4.78, 5) is 13.9. The molecule has 1 aliphatic heterocycles. The highest BCUT2D eigenvalue weighted by atomic mass is 79.9. The van der Waals surface area contributed by atoms with Gasteiger partial charge in [0, 0.05) is 29.7 Å². The topological polar surface area (TPSA) is 40.5 Å². The molecular weight excluding hydrogens is 301 g/mol. The largest absolute Gasteiger partial charge is 0.396 e. The van der Waals surface area contributed by atoms with E-state index in [1.165, 1.54) is 12.1 Å². The SMILES string of the molecule is O=C(c1cc(F)cc(Br)c1)N1CCC(CCO)C1. The van der Waals surface area contributed by atoms with Crippen molar-refractivity contribution in [3.05, 3.63) is 34.1 Å². The van der Waals surface area contributed by atoms with Crippen molar-refractivity contribution in [3.63, 3.8) is 0 Å². The maximum Gasteiger partial charge on any atom is 0.254 e. The van der Waals surface area contributed by atoms with E-state index in [4.69, 9.17) is 5.11 Å². The molecule has 1 aliphatic rings. The Labute approximate surface area is 114 Å². The molecule has 1 amide bonds. The smallest absolute Gasteiger partial charge is 0.254 e. The molecule has 0 spiro atoms. The Kier molecular flexibility index (Phi) is 4.35. The molecule has 2 rings (SSSR count). The molecule has 0 bridgehead atoms. The van der Waals surface area contributed by atoms with Crippen LogP contribution in [0.5, 0.6) is 0 Å². The van der Waals surface area contributed by atoms with Gasteiger partial charge in [0.25, 0.3) is 5.91 Å². The van der Waals surface area contributed by atoms with Gasteiger partial charge in [0.15, 0.2) is 0 Å². The number of aliphatic hydroxyl groups excluding tert-OH is 1. The van der Waals surface area contributed by atoms with Gasteiger partial charge in [-0.25, -0.2) is 4.39 Å². The second-order valence-electron chi connectivity index (χ2n) is 4.58. The van der Waals surface area contributed by atoms with Crippen LogP contribution in [0.4, 0.5) is 4.39 Å². The zero-order valence-electron chi connectivity index (χ0n) is 9.90. The van der Waals surface area contributed by atoms with Crippen molar-refractivity contribution in [2.75, 3.05) is 19.7 Å². The van der Waals surface area contributed by atoms with Crippen molar-refractivity contribution < 1.29 is 14.3 Å². The van der Waals surface area contributed by atoms with Crippen molar-refractivity contribution in [3.8, 4) is 0 Å². The third kappa shape index (κ3) is 3.09. The van der Waals surface area contributed by atoms with E-state index in [0.29, 0.717) is 29.0 Å². The first-order chi connectivity index (χ1) is 8.60. The van der Waals surface area contributed by atoms with E-state index in [0.717, 1.165) is 12.8 Å². The van der Waals surface area contributed by atoms with Gasteiger partial charge in [-0.1, -0.05) is 15.9 Å². The van der Waals surface area contributed by atoms with Gasteiger partial charge in [0.1, 0.15) is 5.82 Å². The molecule has 1 fully saturated rings. The van der Waals surface area contributed by atoms with Crippen LogP contribution in [0.3, 0.4) is 0 Å². The van der Waals surface area contributed by atoms with E-state index in [-0.39, 0.29) is 12.5 Å². The molecule has 1 aromatic carbocycles. The predicted octanol–water partition coefficient (Wildman–Crippen LogP) is 2.43.